The maximum atomic E-state index is 11.8. The van der Waals surface area contributed by atoms with Gasteiger partial charge in [0.1, 0.15) is 6.04 Å². The second kappa shape index (κ2) is 10.1. The van der Waals surface area contributed by atoms with Crippen molar-refractivity contribution < 1.29 is 27.9 Å². The molecular weight excluding hydrogens is 348 g/mol. The molecular formula is C16H24N2O6S. The van der Waals surface area contributed by atoms with Crippen LogP contribution in [0.1, 0.15) is 19.4 Å². The minimum atomic E-state index is -3.67. The van der Waals surface area contributed by atoms with Gasteiger partial charge in [0.2, 0.25) is 15.9 Å². The van der Waals surface area contributed by atoms with E-state index in [9.17, 15) is 23.1 Å². The van der Waals surface area contributed by atoms with Gasteiger partial charge >= 0.3 is 5.97 Å². The van der Waals surface area contributed by atoms with Gasteiger partial charge < -0.3 is 15.2 Å². The predicted molar refractivity (Wildman–Crippen MR) is 92.6 cm³/mol. The Morgan fingerprint density at radius 1 is 1.20 bits per heavy atom. The molecule has 0 aliphatic rings. The second-order valence-electron chi connectivity index (χ2n) is 5.71. The maximum Gasteiger partial charge on any atom is 0.326 e. The van der Waals surface area contributed by atoms with Gasteiger partial charge in [0.25, 0.3) is 0 Å². The normalized spacial score (nSPS) is 12.8. The fourth-order valence-corrected chi connectivity index (χ4v) is 2.75. The van der Waals surface area contributed by atoms with E-state index >= 15 is 0 Å². The van der Waals surface area contributed by atoms with E-state index in [1.165, 1.54) is 0 Å². The van der Waals surface area contributed by atoms with E-state index in [2.05, 4.69) is 10.0 Å². The fraction of sp³-hybridized carbons (Fsp3) is 0.500. The van der Waals surface area contributed by atoms with Crippen molar-refractivity contribution in [2.45, 2.75) is 32.4 Å². The van der Waals surface area contributed by atoms with Crippen molar-refractivity contribution >= 4 is 21.9 Å². The van der Waals surface area contributed by atoms with Crippen LogP contribution in [-0.2, 0) is 30.8 Å². The molecule has 0 aromatic heterocycles. The van der Waals surface area contributed by atoms with E-state index in [4.69, 9.17) is 4.74 Å². The zero-order valence-corrected chi connectivity index (χ0v) is 15.1. The number of ether oxygens (including phenoxy) is 1. The number of nitrogens with one attached hydrogen (secondary N) is 2. The van der Waals surface area contributed by atoms with Gasteiger partial charge in [-0.05, 0) is 19.4 Å². The highest BCUT2D eigenvalue weighted by molar-refractivity contribution is 7.89. The number of benzene rings is 1. The molecule has 0 saturated carbocycles. The monoisotopic (exact) mass is 372 g/mol. The molecule has 1 aromatic carbocycles. The van der Waals surface area contributed by atoms with E-state index in [0.717, 1.165) is 5.56 Å². The van der Waals surface area contributed by atoms with Crippen LogP contribution in [-0.4, -0.2) is 56.5 Å². The molecule has 9 heteroatoms. The Morgan fingerprint density at radius 3 is 2.40 bits per heavy atom. The summed E-state index contributed by atoms with van der Waals surface area (Å²) in [6.07, 6.45) is 0.0180. The van der Waals surface area contributed by atoms with Crippen LogP contribution in [0.15, 0.2) is 30.3 Å². The maximum absolute atomic E-state index is 11.8. The third-order valence-electron chi connectivity index (χ3n) is 3.17. The first-order valence-electron chi connectivity index (χ1n) is 7.84. The van der Waals surface area contributed by atoms with E-state index in [0.29, 0.717) is 0 Å². The largest absolute Gasteiger partial charge is 0.480 e. The van der Waals surface area contributed by atoms with Crippen LogP contribution < -0.4 is 10.0 Å². The molecule has 140 valence electrons. The Balaban J connectivity index is 2.48. The lowest BCUT2D eigenvalue weighted by atomic mass is 10.1. The van der Waals surface area contributed by atoms with E-state index < -0.39 is 34.5 Å². The number of rotatable bonds is 11. The number of hydrogen-bond donors (Lipinski definition) is 3. The van der Waals surface area contributed by atoms with Crippen LogP contribution in [0, 0.1) is 0 Å². The molecule has 0 spiro atoms. The summed E-state index contributed by atoms with van der Waals surface area (Å²) < 4.78 is 30.8. The fourth-order valence-electron chi connectivity index (χ4n) is 1.94. The molecule has 1 aromatic rings. The van der Waals surface area contributed by atoms with Gasteiger partial charge in [0.15, 0.2) is 0 Å². The van der Waals surface area contributed by atoms with Crippen LogP contribution in [0.5, 0.6) is 0 Å². The summed E-state index contributed by atoms with van der Waals surface area (Å²) in [5.74, 6) is -2.17. The molecule has 0 saturated heterocycles. The summed E-state index contributed by atoms with van der Waals surface area (Å²) in [6, 6.07) is 7.70. The number of hydrogen-bond acceptors (Lipinski definition) is 5. The van der Waals surface area contributed by atoms with E-state index in [1.54, 1.807) is 44.2 Å². The van der Waals surface area contributed by atoms with Gasteiger partial charge in [-0.2, -0.15) is 0 Å². The molecule has 0 heterocycles. The van der Waals surface area contributed by atoms with Gasteiger partial charge in [0, 0.05) is 6.42 Å². The first-order valence-corrected chi connectivity index (χ1v) is 9.50. The number of carboxylic acids is 1. The standard InChI is InChI=1S/C16H24N2O6S/c1-12(2)24-8-9-25(22,23)17-11-15(19)18-14(16(20)21)10-13-6-4-3-5-7-13/h3-7,12,14,17H,8-11H2,1-2H3,(H,18,19)(H,20,21)/t14-/m0/s1. The SMILES string of the molecule is CC(C)OCCS(=O)(=O)NCC(=O)N[C@@H](Cc1ccccc1)C(=O)O. The highest BCUT2D eigenvalue weighted by Gasteiger charge is 2.21. The number of sulfonamides is 1. The Kier molecular flexibility index (Phi) is 8.53. The third-order valence-corrected chi connectivity index (χ3v) is 4.46. The van der Waals surface area contributed by atoms with Crippen molar-refractivity contribution in [1.82, 2.24) is 10.0 Å². The van der Waals surface area contributed by atoms with Gasteiger partial charge in [-0.1, -0.05) is 30.3 Å². The first-order chi connectivity index (χ1) is 11.7. The molecule has 3 N–H and O–H groups in total. The lowest BCUT2D eigenvalue weighted by molar-refractivity contribution is -0.141. The van der Waals surface area contributed by atoms with Gasteiger partial charge in [-0.25, -0.2) is 17.9 Å². The summed E-state index contributed by atoms with van der Waals surface area (Å²) in [4.78, 5) is 23.1. The Bertz CT molecular complexity index is 660. The Morgan fingerprint density at radius 2 is 1.84 bits per heavy atom. The number of carboxylic acid groups (broad SMARTS) is 1. The Hall–Kier alpha value is -1.97. The molecule has 0 unspecified atom stereocenters. The molecule has 0 bridgehead atoms. The van der Waals surface area contributed by atoms with Crippen molar-refractivity contribution in [3.05, 3.63) is 35.9 Å². The quantitative estimate of drug-likeness (QED) is 0.508. The van der Waals surface area contributed by atoms with Crippen LogP contribution in [0.3, 0.4) is 0 Å². The minimum absolute atomic E-state index is 0.0143. The lowest BCUT2D eigenvalue weighted by Gasteiger charge is -2.15. The highest BCUT2D eigenvalue weighted by Crippen LogP contribution is 2.03. The summed E-state index contributed by atoms with van der Waals surface area (Å²) in [5, 5.41) is 11.5. The molecule has 0 aliphatic carbocycles. The highest BCUT2D eigenvalue weighted by atomic mass is 32.2. The molecule has 25 heavy (non-hydrogen) atoms. The van der Waals surface area contributed by atoms with Gasteiger partial charge in [0.05, 0.1) is 25.0 Å². The van der Waals surface area contributed by atoms with Crippen molar-refractivity contribution in [2.24, 2.45) is 0 Å². The molecule has 0 radical (unpaired) electrons. The Labute approximate surface area is 147 Å². The smallest absolute Gasteiger partial charge is 0.326 e. The molecule has 8 nitrogen and oxygen atoms in total. The summed E-state index contributed by atoms with van der Waals surface area (Å²) >= 11 is 0. The van der Waals surface area contributed by atoms with Crippen molar-refractivity contribution in [3.8, 4) is 0 Å². The molecule has 0 aliphatic heterocycles. The number of aliphatic carboxylic acids is 1. The molecule has 0 fully saturated rings. The number of amides is 1. The first kappa shape index (κ1) is 21.1. The average Bonchev–Trinajstić information content (AvgIpc) is 2.53. The van der Waals surface area contributed by atoms with Crippen LogP contribution in [0.2, 0.25) is 0 Å². The lowest BCUT2D eigenvalue weighted by Crippen LogP contribution is -2.47. The summed E-state index contributed by atoms with van der Waals surface area (Å²) in [5.41, 5.74) is 0.751. The zero-order chi connectivity index (χ0) is 18.9. The van der Waals surface area contributed by atoms with Crippen molar-refractivity contribution in [3.63, 3.8) is 0 Å². The van der Waals surface area contributed by atoms with Crippen molar-refractivity contribution in [1.29, 1.82) is 0 Å². The van der Waals surface area contributed by atoms with Gasteiger partial charge in [-0.15, -0.1) is 0 Å². The number of carbonyl (C=O) groups excluding carboxylic acids is 1. The average molecular weight is 372 g/mol. The minimum Gasteiger partial charge on any atom is -0.480 e. The molecule has 1 amide bonds. The van der Waals surface area contributed by atoms with Crippen LogP contribution >= 0.6 is 0 Å². The predicted octanol–water partition coefficient (Wildman–Crippen LogP) is 0.143. The third kappa shape index (κ3) is 9.18. The summed E-state index contributed by atoms with van der Waals surface area (Å²) in [6.45, 7) is 3.06. The molecule has 1 rings (SSSR count). The van der Waals surface area contributed by atoms with Gasteiger partial charge in [-0.3, -0.25) is 4.79 Å². The van der Waals surface area contributed by atoms with Crippen LogP contribution in [0.25, 0.3) is 0 Å². The van der Waals surface area contributed by atoms with E-state index in [1.807, 2.05) is 0 Å². The second-order valence-corrected chi connectivity index (χ2v) is 7.63. The zero-order valence-electron chi connectivity index (χ0n) is 14.3. The van der Waals surface area contributed by atoms with Crippen LogP contribution in [0.4, 0.5) is 0 Å². The summed E-state index contributed by atoms with van der Waals surface area (Å²) in [7, 11) is -3.67. The molecule has 1 atom stereocenters. The number of carbonyl (C=O) groups is 2. The topological polar surface area (TPSA) is 122 Å². The van der Waals surface area contributed by atoms with Crippen molar-refractivity contribution in [2.75, 3.05) is 18.9 Å². The van der Waals surface area contributed by atoms with E-state index in [-0.39, 0.29) is 24.9 Å².